The second-order valence-electron chi connectivity index (χ2n) is 10.8. The molecule has 3 heterocycles. The topological polar surface area (TPSA) is 105 Å². The highest BCUT2D eigenvalue weighted by Crippen LogP contribution is 2.47. The second kappa shape index (κ2) is 10.8. The van der Waals surface area contributed by atoms with Gasteiger partial charge in [-0.3, -0.25) is 4.79 Å². The highest BCUT2D eigenvalue weighted by Gasteiger charge is 2.48. The highest BCUT2D eigenvalue weighted by molar-refractivity contribution is 5.77. The summed E-state index contributed by atoms with van der Waals surface area (Å²) in [6.45, 7) is 9.37. The third-order valence-electron chi connectivity index (χ3n) is 7.51. The molecule has 3 atom stereocenters. The number of anilines is 1. The lowest BCUT2D eigenvalue weighted by Gasteiger charge is -2.40. The number of pyridine rings is 1. The Labute approximate surface area is 219 Å². The van der Waals surface area contributed by atoms with Gasteiger partial charge in [0.05, 0.1) is 39.3 Å². The van der Waals surface area contributed by atoms with Crippen LogP contribution in [-0.4, -0.2) is 83.9 Å². The summed E-state index contributed by atoms with van der Waals surface area (Å²) in [6.07, 6.45) is 1.32. The fourth-order valence-electron chi connectivity index (χ4n) is 5.08. The van der Waals surface area contributed by atoms with E-state index in [1.165, 1.54) is 13.8 Å². The third-order valence-corrected chi connectivity index (χ3v) is 7.51. The van der Waals surface area contributed by atoms with E-state index in [0.29, 0.717) is 24.6 Å². The van der Waals surface area contributed by atoms with E-state index in [2.05, 4.69) is 9.88 Å². The first kappa shape index (κ1) is 27.2. The number of aliphatic hydroxyl groups is 2. The maximum Gasteiger partial charge on any atom is 0.224 e. The van der Waals surface area contributed by atoms with Gasteiger partial charge in [0.2, 0.25) is 5.91 Å². The molecular weight excluding hydrogens is 474 g/mol. The van der Waals surface area contributed by atoms with Crippen LogP contribution in [0.25, 0.3) is 0 Å². The first-order valence-electron chi connectivity index (χ1n) is 12.8. The van der Waals surface area contributed by atoms with Gasteiger partial charge in [0.15, 0.2) is 17.3 Å². The minimum atomic E-state index is -1.28. The number of carbonyl (C=O) groups excluding carboxylic acids is 1. The van der Waals surface area contributed by atoms with Crippen molar-refractivity contribution in [3.05, 3.63) is 48.2 Å². The number of ether oxygens (including phenoxy) is 3. The summed E-state index contributed by atoms with van der Waals surface area (Å²) < 4.78 is 17.2. The van der Waals surface area contributed by atoms with Crippen molar-refractivity contribution in [2.75, 3.05) is 44.8 Å². The largest absolute Gasteiger partial charge is 0.493 e. The molecule has 0 radical (unpaired) electrons. The van der Waals surface area contributed by atoms with E-state index in [-0.39, 0.29) is 31.0 Å². The van der Waals surface area contributed by atoms with E-state index in [9.17, 15) is 15.0 Å². The number of amides is 1. The summed E-state index contributed by atoms with van der Waals surface area (Å²) in [5, 5.41) is 20.5. The average Bonchev–Trinajstić information content (AvgIpc) is 3.19. The Balaban J connectivity index is 1.47. The lowest BCUT2D eigenvalue weighted by Crippen LogP contribution is -2.54. The molecule has 2 N–H and O–H groups in total. The minimum absolute atomic E-state index is 0.00624. The van der Waals surface area contributed by atoms with Crippen LogP contribution < -0.4 is 14.4 Å². The summed E-state index contributed by atoms with van der Waals surface area (Å²) >= 11 is 0. The molecular formula is C28H39N3O6. The zero-order valence-corrected chi connectivity index (χ0v) is 22.4. The van der Waals surface area contributed by atoms with E-state index in [4.69, 9.17) is 14.2 Å². The molecule has 2 fully saturated rings. The number of hydrogen-bond donors (Lipinski definition) is 2. The molecule has 2 saturated heterocycles. The van der Waals surface area contributed by atoms with Crippen LogP contribution in [-0.2, 0) is 9.53 Å². The normalized spacial score (nSPS) is 23.1. The van der Waals surface area contributed by atoms with Gasteiger partial charge in [0.1, 0.15) is 11.9 Å². The van der Waals surface area contributed by atoms with Crippen molar-refractivity contribution >= 4 is 11.7 Å². The Morgan fingerprint density at radius 1 is 1.22 bits per heavy atom. The molecule has 2 aliphatic heterocycles. The molecule has 0 bridgehead atoms. The Morgan fingerprint density at radius 2 is 1.97 bits per heavy atom. The summed E-state index contributed by atoms with van der Waals surface area (Å²) in [5.41, 5.74) is 0.452. The number of rotatable bonds is 10. The smallest absolute Gasteiger partial charge is 0.224 e. The molecule has 1 aromatic carbocycles. The Bertz CT molecular complexity index is 1070. The van der Waals surface area contributed by atoms with Crippen molar-refractivity contribution in [3.8, 4) is 11.5 Å². The molecule has 2 aliphatic rings. The second-order valence-corrected chi connectivity index (χ2v) is 10.8. The van der Waals surface area contributed by atoms with Gasteiger partial charge in [0, 0.05) is 30.6 Å². The zero-order valence-electron chi connectivity index (χ0n) is 22.4. The minimum Gasteiger partial charge on any atom is -0.493 e. The maximum atomic E-state index is 13.0. The fraction of sp³-hybridized carbons (Fsp3) is 0.571. The average molecular weight is 514 g/mol. The van der Waals surface area contributed by atoms with Crippen LogP contribution in [0.4, 0.5) is 5.82 Å². The van der Waals surface area contributed by atoms with Crippen LogP contribution in [0.1, 0.15) is 45.6 Å². The molecule has 202 valence electrons. The predicted molar refractivity (Wildman–Crippen MR) is 140 cm³/mol. The number of hydrogen-bond acceptors (Lipinski definition) is 8. The molecule has 1 aromatic heterocycles. The van der Waals surface area contributed by atoms with Gasteiger partial charge in [-0.05, 0) is 50.6 Å². The molecule has 1 amide bonds. The van der Waals surface area contributed by atoms with Gasteiger partial charge in [0.25, 0.3) is 0 Å². The van der Waals surface area contributed by atoms with Crippen molar-refractivity contribution in [2.24, 2.45) is 5.41 Å². The van der Waals surface area contributed by atoms with Crippen molar-refractivity contribution in [1.82, 2.24) is 9.88 Å². The van der Waals surface area contributed by atoms with Crippen molar-refractivity contribution in [2.45, 2.75) is 58.0 Å². The molecule has 9 nitrogen and oxygen atoms in total. The van der Waals surface area contributed by atoms with E-state index in [1.807, 2.05) is 43.3 Å². The number of benzene rings is 1. The lowest BCUT2D eigenvalue weighted by atomic mass is 9.72. The number of aliphatic hydroxyl groups excluding tert-OH is 1. The van der Waals surface area contributed by atoms with Gasteiger partial charge >= 0.3 is 0 Å². The number of nitrogens with zero attached hydrogens (tertiary/aromatic N) is 3. The summed E-state index contributed by atoms with van der Waals surface area (Å²) in [5.74, 6) is 0.796. The molecule has 2 aromatic rings. The summed E-state index contributed by atoms with van der Waals surface area (Å²) in [4.78, 5) is 21.3. The maximum absolute atomic E-state index is 13.0. The molecule has 4 rings (SSSR count). The van der Waals surface area contributed by atoms with Crippen molar-refractivity contribution in [3.63, 3.8) is 0 Å². The number of aromatic nitrogens is 1. The molecule has 0 unspecified atom stereocenters. The van der Waals surface area contributed by atoms with Crippen molar-refractivity contribution in [1.29, 1.82) is 0 Å². The fourth-order valence-corrected chi connectivity index (χ4v) is 5.08. The lowest BCUT2D eigenvalue weighted by molar-refractivity contribution is -0.178. The summed E-state index contributed by atoms with van der Waals surface area (Å²) in [7, 11) is 1.62. The summed E-state index contributed by atoms with van der Waals surface area (Å²) in [6, 6.07) is 11.7. The van der Waals surface area contributed by atoms with E-state index in [1.54, 1.807) is 25.1 Å². The van der Waals surface area contributed by atoms with Crippen LogP contribution in [0.5, 0.6) is 11.5 Å². The number of likely N-dealkylation sites (tertiary alicyclic amines) is 1. The SMILES string of the molecule is COc1ccc([C@@H]2CN(C(=O)CCOC(C)(C)O)C[C@@]2(C)[C@@H](C)O)cc1OC1CN(c2ccccn2)C1. The van der Waals surface area contributed by atoms with E-state index < -0.39 is 17.3 Å². The quantitative estimate of drug-likeness (QED) is 0.468. The first-order chi connectivity index (χ1) is 17.5. The van der Waals surface area contributed by atoms with Crippen LogP contribution >= 0.6 is 0 Å². The highest BCUT2D eigenvalue weighted by atomic mass is 16.6. The zero-order chi connectivity index (χ0) is 26.8. The Morgan fingerprint density at radius 3 is 2.59 bits per heavy atom. The molecule has 0 saturated carbocycles. The van der Waals surface area contributed by atoms with Gasteiger partial charge in [-0.25, -0.2) is 4.98 Å². The van der Waals surface area contributed by atoms with E-state index in [0.717, 1.165) is 24.5 Å². The van der Waals surface area contributed by atoms with E-state index >= 15 is 0 Å². The molecule has 9 heteroatoms. The van der Waals surface area contributed by atoms with Gasteiger partial charge in [-0.2, -0.15) is 0 Å². The van der Waals surface area contributed by atoms with Crippen LogP contribution in [0.2, 0.25) is 0 Å². The Hall–Kier alpha value is -2.88. The van der Waals surface area contributed by atoms with Crippen LogP contribution in [0, 0.1) is 5.41 Å². The van der Waals surface area contributed by atoms with Crippen molar-refractivity contribution < 1.29 is 29.2 Å². The molecule has 0 spiro atoms. The van der Waals surface area contributed by atoms with Crippen LogP contribution in [0.3, 0.4) is 0 Å². The van der Waals surface area contributed by atoms with Gasteiger partial charge in [-0.1, -0.05) is 19.1 Å². The first-order valence-corrected chi connectivity index (χ1v) is 12.8. The Kier molecular flexibility index (Phi) is 7.96. The predicted octanol–water partition coefficient (Wildman–Crippen LogP) is 2.81. The number of methoxy groups -OCH3 is 1. The molecule has 0 aliphatic carbocycles. The number of carbonyl (C=O) groups is 1. The van der Waals surface area contributed by atoms with Gasteiger partial charge < -0.3 is 34.2 Å². The molecule has 37 heavy (non-hydrogen) atoms. The standard InChI is InChI=1S/C28H39N3O6/c1-19(32)28(4)18-31(26(33)11-13-36-27(2,3)34)17-22(28)20-9-10-23(35-5)24(14-20)37-21-15-30(16-21)25-8-6-7-12-29-25/h6-10,12,14,19,21-22,32,34H,11,13,15-18H2,1-5H3/t19-,22+,28+/m1/s1. The monoisotopic (exact) mass is 513 g/mol. The third kappa shape index (κ3) is 6.17. The van der Waals surface area contributed by atoms with Gasteiger partial charge in [-0.15, -0.1) is 0 Å². The van der Waals surface area contributed by atoms with Crippen LogP contribution in [0.15, 0.2) is 42.6 Å².